The molecule has 0 bridgehead atoms. The van der Waals surface area contributed by atoms with Crippen LogP contribution in [0.1, 0.15) is 27.5 Å². The number of carbonyl (C=O) groups excluding carboxylic acids is 1. The summed E-state index contributed by atoms with van der Waals surface area (Å²) in [7, 11) is 0. The fourth-order valence-corrected chi connectivity index (χ4v) is 3.95. The Balaban J connectivity index is 1.36. The maximum absolute atomic E-state index is 13.3. The van der Waals surface area contributed by atoms with Gasteiger partial charge >= 0.3 is 0 Å². The number of aryl methyl sites for hydroxylation is 1. The predicted octanol–water partition coefficient (Wildman–Crippen LogP) is 4.93. The molecule has 1 aromatic heterocycles. The number of hydrogen-bond acceptors (Lipinski definition) is 5. The lowest BCUT2D eigenvalue weighted by Crippen LogP contribution is -2.43. The monoisotopic (exact) mass is 425 g/mol. The van der Waals surface area contributed by atoms with Crippen LogP contribution in [0.5, 0.6) is 0 Å². The van der Waals surface area contributed by atoms with Crippen molar-refractivity contribution in [3.63, 3.8) is 0 Å². The molecular formula is C26H23N3O3. The first-order valence-electron chi connectivity index (χ1n) is 10.6. The van der Waals surface area contributed by atoms with Gasteiger partial charge in [0, 0.05) is 23.2 Å². The molecule has 3 aromatic carbocycles. The largest absolute Gasteiger partial charge is 0.416 e. The highest BCUT2D eigenvalue weighted by molar-refractivity contribution is 5.95. The standard InChI is InChI=1S/C26H23N3O3/c1-18-6-5-9-22(16-18)25-28-27-24(32-25)20-10-12-21(13-11-20)26(30)29-14-15-31-17-23(29)19-7-3-2-4-8-19/h2-13,16,23H,14-15,17H2,1H3/t23-/m1/s1. The van der Waals surface area contributed by atoms with Gasteiger partial charge in [0.15, 0.2) is 0 Å². The molecular weight excluding hydrogens is 402 g/mol. The van der Waals surface area contributed by atoms with E-state index in [9.17, 15) is 4.79 Å². The molecule has 0 spiro atoms. The molecule has 0 unspecified atom stereocenters. The van der Waals surface area contributed by atoms with E-state index < -0.39 is 0 Å². The van der Waals surface area contributed by atoms with Crippen molar-refractivity contribution in [3.05, 3.63) is 95.6 Å². The first kappa shape index (κ1) is 20.2. The van der Waals surface area contributed by atoms with E-state index in [0.717, 1.165) is 22.3 Å². The summed E-state index contributed by atoms with van der Waals surface area (Å²) in [6, 6.07) is 25.2. The van der Waals surface area contributed by atoms with E-state index in [1.54, 1.807) is 0 Å². The van der Waals surface area contributed by atoms with E-state index >= 15 is 0 Å². The van der Waals surface area contributed by atoms with Crippen LogP contribution in [0, 0.1) is 6.92 Å². The normalized spacial score (nSPS) is 16.2. The van der Waals surface area contributed by atoms with Crippen LogP contribution in [-0.2, 0) is 4.74 Å². The van der Waals surface area contributed by atoms with Crippen molar-refractivity contribution in [1.29, 1.82) is 0 Å². The highest BCUT2D eigenvalue weighted by atomic mass is 16.5. The molecule has 1 aliphatic heterocycles. The van der Waals surface area contributed by atoms with Gasteiger partial charge in [-0.3, -0.25) is 4.79 Å². The summed E-state index contributed by atoms with van der Waals surface area (Å²) in [5.41, 5.74) is 4.48. The summed E-state index contributed by atoms with van der Waals surface area (Å²) in [4.78, 5) is 15.2. The molecule has 5 rings (SSSR count). The van der Waals surface area contributed by atoms with Gasteiger partial charge in [-0.1, -0.05) is 48.0 Å². The number of rotatable bonds is 4. The summed E-state index contributed by atoms with van der Waals surface area (Å²) in [6.45, 7) is 3.62. The molecule has 160 valence electrons. The average molecular weight is 425 g/mol. The van der Waals surface area contributed by atoms with Crippen LogP contribution in [0.15, 0.2) is 83.3 Å². The SMILES string of the molecule is Cc1cccc(-c2nnc(-c3ccc(C(=O)N4CCOC[C@@H]4c4ccccc4)cc3)o2)c1. The van der Waals surface area contributed by atoms with Crippen molar-refractivity contribution < 1.29 is 13.9 Å². The summed E-state index contributed by atoms with van der Waals surface area (Å²) in [5.74, 6) is 0.886. The number of ether oxygens (including phenoxy) is 1. The maximum atomic E-state index is 13.3. The van der Waals surface area contributed by atoms with Crippen LogP contribution in [0.3, 0.4) is 0 Å². The van der Waals surface area contributed by atoms with Gasteiger partial charge in [-0.05, 0) is 48.9 Å². The summed E-state index contributed by atoms with van der Waals surface area (Å²) >= 11 is 0. The molecule has 0 saturated carbocycles. The van der Waals surface area contributed by atoms with Crippen molar-refractivity contribution in [2.45, 2.75) is 13.0 Å². The Kier molecular flexibility index (Phi) is 5.52. The zero-order valence-corrected chi connectivity index (χ0v) is 17.8. The van der Waals surface area contributed by atoms with Gasteiger partial charge in [0.1, 0.15) is 0 Å². The Morgan fingerprint density at radius 3 is 2.41 bits per heavy atom. The van der Waals surface area contributed by atoms with Crippen molar-refractivity contribution in [2.75, 3.05) is 19.8 Å². The average Bonchev–Trinajstić information content (AvgIpc) is 3.35. The van der Waals surface area contributed by atoms with Gasteiger partial charge < -0.3 is 14.1 Å². The van der Waals surface area contributed by atoms with Gasteiger partial charge in [0.05, 0.1) is 19.3 Å². The number of morpholine rings is 1. The Hall–Kier alpha value is -3.77. The molecule has 6 heteroatoms. The quantitative estimate of drug-likeness (QED) is 0.464. The van der Waals surface area contributed by atoms with Crippen molar-refractivity contribution in [1.82, 2.24) is 15.1 Å². The zero-order valence-electron chi connectivity index (χ0n) is 17.8. The number of nitrogens with zero attached hydrogens (tertiary/aromatic N) is 3. The van der Waals surface area contributed by atoms with E-state index in [4.69, 9.17) is 9.15 Å². The third kappa shape index (κ3) is 4.05. The molecule has 6 nitrogen and oxygen atoms in total. The van der Waals surface area contributed by atoms with Gasteiger partial charge in [0.25, 0.3) is 5.91 Å². The second-order valence-corrected chi connectivity index (χ2v) is 7.86. The van der Waals surface area contributed by atoms with E-state index in [1.165, 1.54) is 0 Å². The molecule has 0 N–H and O–H groups in total. The lowest BCUT2D eigenvalue weighted by molar-refractivity contribution is -0.00269. The smallest absolute Gasteiger partial charge is 0.254 e. The van der Waals surface area contributed by atoms with Crippen LogP contribution in [-0.4, -0.2) is 40.8 Å². The maximum Gasteiger partial charge on any atom is 0.254 e. The van der Waals surface area contributed by atoms with Crippen LogP contribution in [0.25, 0.3) is 22.9 Å². The first-order chi connectivity index (χ1) is 15.7. The number of amides is 1. The number of hydrogen-bond donors (Lipinski definition) is 0. The number of aromatic nitrogens is 2. The third-order valence-corrected chi connectivity index (χ3v) is 5.64. The van der Waals surface area contributed by atoms with Crippen LogP contribution in [0.2, 0.25) is 0 Å². The molecule has 0 radical (unpaired) electrons. The molecule has 1 aliphatic rings. The lowest BCUT2D eigenvalue weighted by atomic mass is 10.0. The predicted molar refractivity (Wildman–Crippen MR) is 121 cm³/mol. The Bertz CT molecular complexity index is 1220. The number of carbonyl (C=O) groups is 1. The van der Waals surface area contributed by atoms with Gasteiger partial charge in [0.2, 0.25) is 11.8 Å². The summed E-state index contributed by atoms with van der Waals surface area (Å²) in [5, 5.41) is 8.35. The van der Waals surface area contributed by atoms with Crippen molar-refractivity contribution >= 4 is 5.91 Å². The lowest BCUT2D eigenvalue weighted by Gasteiger charge is -2.36. The Labute approximate surface area is 186 Å². The molecule has 1 atom stereocenters. The van der Waals surface area contributed by atoms with E-state index in [0.29, 0.717) is 37.1 Å². The Morgan fingerprint density at radius 1 is 0.906 bits per heavy atom. The fraction of sp³-hybridized carbons (Fsp3) is 0.192. The third-order valence-electron chi connectivity index (χ3n) is 5.64. The second kappa shape index (κ2) is 8.77. The van der Waals surface area contributed by atoms with Gasteiger partial charge in [-0.15, -0.1) is 10.2 Å². The topological polar surface area (TPSA) is 68.5 Å². The van der Waals surface area contributed by atoms with Crippen LogP contribution >= 0.6 is 0 Å². The van der Waals surface area contributed by atoms with Gasteiger partial charge in [-0.2, -0.15) is 0 Å². The zero-order chi connectivity index (χ0) is 21.9. The van der Waals surface area contributed by atoms with E-state index in [1.807, 2.05) is 90.7 Å². The number of benzene rings is 3. The summed E-state index contributed by atoms with van der Waals surface area (Å²) in [6.07, 6.45) is 0. The minimum Gasteiger partial charge on any atom is -0.416 e. The van der Waals surface area contributed by atoms with E-state index in [2.05, 4.69) is 10.2 Å². The highest BCUT2D eigenvalue weighted by Crippen LogP contribution is 2.28. The molecule has 1 fully saturated rings. The minimum absolute atomic E-state index is 0.0142. The molecule has 1 amide bonds. The molecule has 32 heavy (non-hydrogen) atoms. The second-order valence-electron chi connectivity index (χ2n) is 7.86. The van der Waals surface area contributed by atoms with Crippen molar-refractivity contribution in [2.24, 2.45) is 0 Å². The molecule has 4 aromatic rings. The first-order valence-corrected chi connectivity index (χ1v) is 10.6. The Morgan fingerprint density at radius 2 is 1.66 bits per heavy atom. The van der Waals surface area contributed by atoms with Crippen LogP contribution in [0.4, 0.5) is 0 Å². The minimum atomic E-state index is -0.0926. The van der Waals surface area contributed by atoms with Crippen molar-refractivity contribution in [3.8, 4) is 22.9 Å². The summed E-state index contributed by atoms with van der Waals surface area (Å²) < 4.78 is 11.5. The van der Waals surface area contributed by atoms with Gasteiger partial charge in [-0.25, -0.2) is 0 Å². The highest BCUT2D eigenvalue weighted by Gasteiger charge is 2.29. The van der Waals surface area contributed by atoms with Crippen LogP contribution < -0.4 is 0 Å². The molecule has 0 aliphatic carbocycles. The fourth-order valence-electron chi connectivity index (χ4n) is 3.95. The molecule has 1 saturated heterocycles. The molecule has 2 heterocycles. The van der Waals surface area contributed by atoms with E-state index in [-0.39, 0.29) is 11.9 Å².